The van der Waals surface area contributed by atoms with E-state index in [1.807, 2.05) is 48.5 Å². The molecule has 3 nitrogen and oxygen atoms in total. The van der Waals surface area contributed by atoms with Crippen LogP contribution in [0.3, 0.4) is 0 Å². The summed E-state index contributed by atoms with van der Waals surface area (Å²) >= 11 is 0. The summed E-state index contributed by atoms with van der Waals surface area (Å²) in [5.41, 5.74) is 3.01. The minimum Gasteiger partial charge on any atom is -0.447 e. The second kappa shape index (κ2) is 5.93. The Morgan fingerprint density at radius 3 is 1.88 bits per heavy atom. The number of hydrogen-bond acceptors (Lipinski definition) is 3. The van der Waals surface area contributed by atoms with E-state index in [-0.39, 0.29) is 0 Å². The molecule has 0 aliphatic rings. The molecule has 0 saturated heterocycles. The number of benzene rings is 4. The predicted molar refractivity (Wildman–Crippen MR) is 108 cm³/mol. The van der Waals surface area contributed by atoms with Gasteiger partial charge in [0.2, 0.25) is 0 Å². The molecule has 4 aromatic carbocycles. The van der Waals surface area contributed by atoms with Crippen molar-refractivity contribution >= 4 is 45.7 Å². The summed E-state index contributed by atoms with van der Waals surface area (Å²) in [7, 11) is 0.968. The predicted octanol–water partition coefficient (Wildman–Crippen LogP) is 3.84. The fourth-order valence-electron chi connectivity index (χ4n) is 3.65. The topological polar surface area (TPSA) is 46.0 Å². The van der Waals surface area contributed by atoms with Crippen molar-refractivity contribution in [2.24, 2.45) is 0 Å². The summed E-state index contributed by atoms with van der Waals surface area (Å²) in [6, 6.07) is 26.6. The van der Waals surface area contributed by atoms with Crippen molar-refractivity contribution in [1.82, 2.24) is 9.97 Å². The highest BCUT2D eigenvalue weighted by Crippen LogP contribution is 2.37. The average molecular weight is 333 g/mol. The van der Waals surface area contributed by atoms with E-state index in [4.69, 9.17) is 0 Å². The van der Waals surface area contributed by atoms with E-state index in [1.54, 1.807) is 0 Å². The molecule has 1 radical (unpaired) electrons. The lowest BCUT2D eigenvalue weighted by molar-refractivity contribution is 0.613. The lowest BCUT2D eigenvalue weighted by Gasteiger charge is -2.14. The summed E-state index contributed by atoms with van der Waals surface area (Å²) in [5.74, 6) is 0. The van der Waals surface area contributed by atoms with Crippen LogP contribution in [0.2, 0.25) is 0 Å². The van der Waals surface area contributed by atoms with E-state index in [9.17, 15) is 5.02 Å². The third kappa shape index (κ3) is 2.20. The first-order chi connectivity index (χ1) is 12.9. The van der Waals surface area contributed by atoms with Crippen molar-refractivity contribution in [2.75, 3.05) is 0 Å². The third-order valence-electron chi connectivity index (χ3n) is 4.76. The van der Waals surface area contributed by atoms with Gasteiger partial charge in [0.05, 0.1) is 11.2 Å². The Balaban J connectivity index is 2.09. The van der Waals surface area contributed by atoms with Crippen molar-refractivity contribution in [3.05, 3.63) is 78.9 Å². The summed E-state index contributed by atoms with van der Waals surface area (Å²) in [5, 5.41) is 15.1. The molecule has 0 aliphatic heterocycles. The van der Waals surface area contributed by atoms with Gasteiger partial charge in [-0.05, 0) is 16.2 Å². The lowest BCUT2D eigenvalue weighted by atomic mass is 9.93. The van der Waals surface area contributed by atoms with E-state index >= 15 is 0 Å². The van der Waals surface area contributed by atoms with Crippen LogP contribution < -0.4 is 5.72 Å². The smallest absolute Gasteiger partial charge is 0.375 e. The number of fused-ring (bicyclic) bond motifs is 6. The van der Waals surface area contributed by atoms with E-state index < -0.39 is 0 Å². The summed E-state index contributed by atoms with van der Waals surface area (Å²) in [4.78, 5) is 9.27. The number of aromatic nitrogens is 2. The number of nitrogens with zero attached hydrogens (tertiary/aromatic N) is 2. The molecular weight excluding hydrogens is 319 g/mol. The van der Waals surface area contributed by atoms with Crippen molar-refractivity contribution in [3.8, 4) is 11.3 Å². The number of rotatable bonds is 2. The first-order valence-electron chi connectivity index (χ1n) is 8.51. The Labute approximate surface area is 151 Å². The van der Waals surface area contributed by atoms with Crippen molar-refractivity contribution in [2.45, 2.75) is 0 Å². The monoisotopic (exact) mass is 333 g/mol. The molecule has 0 amide bonds. The quantitative estimate of drug-likeness (QED) is 0.394. The zero-order chi connectivity index (χ0) is 17.5. The van der Waals surface area contributed by atoms with Gasteiger partial charge in [-0.1, -0.05) is 78.9 Å². The average Bonchev–Trinajstić information content (AvgIpc) is 2.73. The van der Waals surface area contributed by atoms with Crippen molar-refractivity contribution in [3.63, 3.8) is 0 Å². The highest BCUT2D eigenvalue weighted by atomic mass is 16.2. The molecule has 5 rings (SSSR count). The van der Waals surface area contributed by atoms with Gasteiger partial charge in [-0.15, -0.1) is 0 Å². The molecule has 4 heteroatoms. The second-order valence-electron chi connectivity index (χ2n) is 6.24. The molecule has 1 heterocycles. The normalized spacial score (nSPS) is 11.3. The molecule has 0 spiro atoms. The highest BCUT2D eigenvalue weighted by molar-refractivity contribution is 6.43. The highest BCUT2D eigenvalue weighted by Gasteiger charge is 2.16. The molecule has 1 aromatic heterocycles. The second-order valence-corrected chi connectivity index (χ2v) is 6.24. The molecule has 26 heavy (non-hydrogen) atoms. The Morgan fingerprint density at radius 2 is 1.19 bits per heavy atom. The van der Waals surface area contributed by atoms with Gasteiger partial charge in [0.1, 0.15) is 5.72 Å². The van der Waals surface area contributed by atoms with Crippen molar-refractivity contribution < 1.29 is 5.02 Å². The molecule has 0 aliphatic carbocycles. The Morgan fingerprint density at radius 1 is 0.615 bits per heavy atom. The van der Waals surface area contributed by atoms with Crippen LogP contribution in [0, 0.1) is 0 Å². The summed E-state index contributed by atoms with van der Waals surface area (Å²) in [6.45, 7) is 0. The largest absolute Gasteiger partial charge is 0.447 e. The molecule has 0 unspecified atom stereocenters. The van der Waals surface area contributed by atoms with Crippen LogP contribution in [0.5, 0.6) is 0 Å². The van der Waals surface area contributed by atoms with Crippen LogP contribution >= 0.6 is 0 Å². The standard InChI is InChI=1S/C22H14BN2O/c26-23-22-24-20(14-8-2-1-3-9-14)19-17-12-6-4-10-15(17)16-11-5-7-13-18(16)21(19)25-22/h1-13,26H. The maximum absolute atomic E-state index is 9.60. The Bertz CT molecular complexity index is 1270. The molecule has 0 saturated carbocycles. The first-order valence-corrected chi connectivity index (χ1v) is 8.51. The van der Waals surface area contributed by atoms with Gasteiger partial charge in [-0.3, -0.25) is 0 Å². The molecule has 0 fully saturated rings. The van der Waals surface area contributed by atoms with Crippen LogP contribution in [0.1, 0.15) is 0 Å². The Kier molecular flexibility index (Phi) is 3.44. The molecule has 0 atom stereocenters. The van der Waals surface area contributed by atoms with Gasteiger partial charge in [0, 0.05) is 16.3 Å². The fraction of sp³-hybridized carbons (Fsp3) is 0. The van der Waals surface area contributed by atoms with Gasteiger partial charge >= 0.3 is 7.48 Å². The van der Waals surface area contributed by atoms with Crippen LogP contribution in [0.4, 0.5) is 0 Å². The summed E-state index contributed by atoms with van der Waals surface area (Å²) < 4.78 is 0. The van der Waals surface area contributed by atoms with Gasteiger partial charge in [-0.25, -0.2) is 9.97 Å². The first kappa shape index (κ1) is 15.1. The van der Waals surface area contributed by atoms with E-state index in [0.717, 1.165) is 45.8 Å². The summed E-state index contributed by atoms with van der Waals surface area (Å²) in [6.07, 6.45) is 0. The van der Waals surface area contributed by atoms with E-state index in [1.165, 1.54) is 5.39 Å². The minimum absolute atomic E-state index is 0.316. The molecular formula is C22H14BN2O. The van der Waals surface area contributed by atoms with Crippen LogP contribution in [0.25, 0.3) is 43.7 Å². The fourth-order valence-corrected chi connectivity index (χ4v) is 3.65. The van der Waals surface area contributed by atoms with Crippen LogP contribution in [-0.4, -0.2) is 22.5 Å². The van der Waals surface area contributed by atoms with Gasteiger partial charge in [0.15, 0.2) is 0 Å². The van der Waals surface area contributed by atoms with E-state index in [2.05, 4.69) is 40.3 Å². The minimum atomic E-state index is 0.316. The molecule has 0 bridgehead atoms. The van der Waals surface area contributed by atoms with Crippen LogP contribution in [0.15, 0.2) is 78.9 Å². The third-order valence-corrected chi connectivity index (χ3v) is 4.76. The van der Waals surface area contributed by atoms with Gasteiger partial charge < -0.3 is 5.02 Å². The Hall–Kier alpha value is -3.24. The maximum Gasteiger partial charge on any atom is 0.375 e. The SMILES string of the molecule is O[B]c1nc(-c2ccccc2)c2c3ccccc3c3ccccc3c2n1. The van der Waals surface area contributed by atoms with Gasteiger partial charge in [-0.2, -0.15) is 0 Å². The van der Waals surface area contributed by atoms with Crippen LogP contribution in [-0.2, 0) is 0 Å². The molecule has 121 valence electrons. The van der Waals surface area contributed by atoms with Gasteiger partial charge in [0.25, 0.3) is 0 Å². The van der Waals surface area contributed by atoms with E-state index in [0.29, 0.717) is 5.72 Å². The lowest BCUT2D eigenvalue weighted by Crippen LogP contribution is -2.23. The van der Waals surface area contributed by atoms with Crippen molar-refractivity contribution in [1.29, 1.82) is 0 Å². The molecule has 5 aromatic rings. The number of hydrogen-bond donors (Lipinski definition) is 1. The zero-order valence-corrected chi connectivity index (χ0v) is 13.9. The zero-order valence-electron chi connectivity index (χ0n) is 13.9. The maximum atomic E-state index is 9.60. The molecule has 1 N–H and O–H groups in total.